The average Bonchev–Trinajstić information content (AvgIpc) is 3.12. The van der Waals surface area contributed by atoms with E-state index in [9.17, 15) is 26.7 Å². The Morgan fingerprint density at radius 1 is 1.04 bits per heavy atom. The molecule has 2 unspecified atom stereocenters. The van der Waals surface area contributed by atoms with E-state index >= 15 is 0 Å². The van der Waals surface area contributed by atoms with Gasteiger partial charge in [0, 0.05) is 19.1 Å². The van der Waals surface area contributed by atoms with Crippen LogP contribution in [0.15, 0.2) is 29.2 Å². The van der Waals surface area contributed by atoms with Gasteiger partial charge in [0.05, 0.1) is 4.90 Å². The number of rotatable bonds is 4. The van der Waals surface area contributed by atoms with Gasteiger partial charge >= 0.3 is 6.18 Å². The van der Waals surface area contributed by atoms with Gasteiger partial charge < -0.3 is 5.11 Å². The lowest BCUT2D eigenvalue weighted by Gasteiger charge is -2.32. The van der Waals surface area contributed by atoms with Crippen molar-refractivity contribution in [2.45, 2.75) is 55.3 Å². The predicted molar refractivity (Wildman–Crippen MR) is 94.7 cm³/mol. The topological polar surface area (TPSA) is 60.9 Å². The van der Waals surface area contributed by atoms with Crippen molar-refractivity contribution in [3.05, 3.63) is 29.8 Å². The smallest absolute Gasteiger partial charge is 0.376 e. The molecule has 0 amide bonds. The van der Waals surface area contributed by atoms with Crippen molar-refractivity contribution in [1.29, 1.82) is 0 Å². The van der Waals surface area contributed by atoms with Crippen LogP contribution >= 0.6 is 0 Å². The maximum absolute atomic E-state index is 12.9. The van der Waals surface area contributed by atoms with Gasteiger partial charge in [-0.05, 0) is 57.0 Å². The second kappa shape index (κ2) is 7.35. The summed E-state index contributed by atoms with van der Waals surface area (Å²) in [6, 6.07) is 4.53. The van der Waals surface area contributed by atoms with Crippen LogP contribution in [-0.2, 0) is 15.6 Å². The molecule has 2 saturated heterocycles. The summed E-state index contributed by atoms with van der Waals surface area (Å²) in [6.45, 7) is 3.44. The first kappa shape index (κ1) is 20.6. The van der Waals surface area contributed by atoms with Crippen LogP contribution in [0.2, 0.25) is 0 Å². The lowest BCUT2D eigenvalue weighted by molar-refractivity contribution is -0.258. The average molecular weight is 406 g/mol. The Balaban J connectivity index is 1.74. The van der Waals surface area contributed by atoms with E-state index in [1.165, 1.54) is 10.7 Å². The Bertz CT molecular complexity index is 757. The SMILES string of the molecule is CC(O)(c1ccc(S(=O)(=O)N2CCC(N3CCCCC3)C2)cc1)C(F)(F)F. The Morgan fingerprint density at radius 2 is 1.63 bits per heavy atom. The van der Waals surface area contributed by atoms with Gasteiger partial charge in [0.15, 0.2) is 5.60 Å². The van der Waals surface area contributed by atoms with Crippen molar-refractivity contribution in [3.63, 3.8) is 0 Å². The van der Waals surface area contributed by atoms with Crippen molar-refractivity contribution >= 4 is 10.0 Å². The molecule has 2 fully saturated rings. The number of nitrogens with zero attached hydrogens (tertiary/aromatic N) is 2. The molecule has 27 heavy (non-hydrogen) atoms. The van der Waals surface area contributed by atoms with Gasteiger partial charge in [0.25, 0.3) is 0 Å². The van der Waals surface area contributed by atoms with Gasteiger partial charge in [-0.3, -0.25) is 4.90 Å². The van der Waals surface area contributed by atoms with Gasteiger partial charge in [-0.1, -0.05) is 18.6 Å². The second-order valence-corrected chi connectivity index (χ2v) is 9.43. The molecule has 2 aliphatic rings. The minimum atomic E-state index is -4.84. The van der Waals surface area contributed by atoms with E-state index in [-0.39, 0.29) is 16.5 Å². The molecule has 2 aliphatic heterocycles. The highest BCUT2D eigenvalue weighted by atomic mass is 32.2. The number of halogens is 3. The maximum Gasteiger partial charge on any atom is 0.421 e. The molecule has 2 atom stereocenters. The molecule has 5 nitrogen and oxygen atoms in total. The summed E-state index contributed by atoms with van der Waals surface area (Å²) in [6.07, 6.45) is -0.614. The Morgan fingerprint density at radius 3 is 2.19 bits per heavy atom. The fraction of sp³-hybridized carbons (Fsp3) is 0.667. The molecule has 0 aliphatic carbocycles. The van der Waals surface area contributed by atoms with Crippen molar-refractivity contribution in [2.75, 3.05) is 26.2 Å². The molecule has 152 valence electrons. The molecule has 1 aromatic carbocycles. The number of alkyl halides is 3. The zero-order chi connectivity index (χ0) is 19.9. The van der Waals surface area contributed by atoms with E-state index in [0.717, 1.165) is 56.6 Å². The summed E-state index contributed by atoms with van der Waals surface area (Å²) < 4.78 is 65.9. The Kier molecular flexibility index (Phi) is 5.60. The third-order valence-corrected chi connectivity index (χ3v) is 7.52. The van der Waals surface area contributed by atoms with Crippen LogP contribution in [0.25, 0.3) is 0 Å². The number of sulfonamides is 1. The summed E-state index contributed by atoms with van der Waals surface area (Å²) in [7, 11) is -3.76. The summed E-state index contributed by atoms with van der Waals surface area (Å²) in [5.41, 5.74) is -3.41. The molecule has 0 saturated carbocycles. The van der Waals surface area contributed by atoms with E-state index < -0.39 is 21.8 Å². The fourth-order valence-corrected chi connectivity index (χ4v) is 5.27. The first-order chi connectivity index (χ1) is 12.5. The van der Waals surface area contributed by atoms with E-state index in [2.05, 4.69) is 4.90 Å². The predicted octanol–water partition coefficient (Wildman–Crippen LogP) is 2.71. The largest absolute Gasteiger partial charge is 0.421 e. The number of hydrogen-bond donors (Lipinski definition) is 1. The third-order valence-electron chi connectivity index (χ3n) is 5.64. The number of benzene rings is 1. The molecule has 1 aromatic rings. The van der Waals surface area contributed by atoms with Crippen LogP contribution in [0.4, 0.5) is 13.2 Å². The Hall–Kier alpha value is -1.16. The van der Waals surface area contributed by atoms with E-state index in [4.69, 9.17) is 0 Å². The zero-order valence-corrected chi connectivity index (χ0v) is 16.1. The summed E-state index contributed by atoms with van der Waals surface area (Å²) in [5.74, 6) is 0. The maximum atomic E-state index is 12.9. The molecule has 0 spiro atoms. The van der Waals surface area contributed by atoms with E-state index in [1.807, 2.05) is 0 Å². The van der Waals surface area contributed by atoms with Crippen molar-refractivity contribution in [2.24, 2.45) is 0 Å². The minimum absolute atomic E-state index is 0.0523. The molecule has 0 radical (unpaired) electrons. The van der Waals surface area contributed by atoms with Crippen LogP contribution in [0.5, 0.6) is 0 Å². The lowest BCUT2D eigenvalue weighted by Crippen LogP contribution is -2.41. The minimum Gasteiger partial charge on any atom is -0.376 e. The highest BCUT2D eigenvalue weighted by Crippen LogP contribution is 2.38. The standard InChI is InChI=1S/C18H25F3N2O3S/c1-17(24,18(19,20)21)14-5-7-16(8-6-14)27(25,26)23-12-9-15(13-23)22-10-3-2-4-11-22/h5-8,15,24H,2-4,9-13H2,1H3. The third kappa shape index (κ3) is 4.01. The summed E-state index contributed by atoms with van der Waals surface area (Å²) in [4.78, 5) is 2.28. The monoisotopic (exact) mass is 406 g/mol. The van der Waals surface area contributed by atoms with Gasteiger partial charge in [-0.2, -0.15) is 17.5 Å². The quantitative estimate of drug-likeness (QED) is 0.835. The van der Waals surface area contributed by atoms with Crippen LogP contribution in [0.1, 0.15) is 38.2 Å². The molecule has 2 heterocycles. The molecule has 3 rings (SSSR count). The van der Waals surface area contributed by atoms with E-state index in [1.54, 1.807) is 0 Å². The van der Waals surface area contributed by atoms with Gasteiger partial charge in [0.1, 0.15) is 0 Å². The van der Waals surface area contributed by atoms with Crippen LogP contribution in [0.3, 0.4) is 0 Å². The van der Waals surface area contributed by atoms with Crippen molar-refractivity contribution in [1.82, 2.24) is 9.21 Å². The van der Waals surface area contributed by atoms with Crippen LogP contribution < -0.4 is 0 Å². The number of likely N-dealkylation sites (tertiary alicyclic amines) is 1. The van der Waals surface area contributed by atoms with Crippen LogP contribution in [0, 0.1) is 0 Å². The summed E-state index contributed by atoms with van der Waals surface area (Å²) >= 11 is 0. The first-order valence-electron chi connectivity index (χ1n) is 9.17. The normalized spacial score (nSPS) is 25.4. The molecular weight excluding hydrogens is 381 g/mol. The highest BCUT2D eigenvalue weighted by molar-refractivity contribution is 7.89. The lowest BCUT2D eigenvalue weighted by atomic mass is 9.96. The number of hydrogen-bond acceptors (Lipinski definition) is 4. The Labute approximate surface area is 157 Å². The van der Waals surface area contributed by atoms with Gasteiger partial charge in [-0.25, -0.2) is 8.42 Å². The molecule has 1 N–H and O–H groups in total. The summed E-state index contributed by atoms with van der Waals surface area (Å²) in [5, 5.41) is 9.72. The zero-order valence-electron chi connectivity index (χ0n) is 15.2. The number of aliphatic hydroxyl groups is 1. The molecular formula is C18H25F3N2O3S. The molecule has 0 aromatic heterocycles. The fourth-order valence-electron chi connectivity index (χ4n) is 3.77. The van der Waals surface area contributed by atoms with Crippen molar-refractivity contribution < 1.29 is 26.7 Å². The van der Waals surface area contributed by atoms with Crippen LogP contribution in [-0.4, -0.2) is 61.1 Å². The molecule has 0 bridgehead atoms. The van der Waals surface area contributed by atoms with E-state index in [0.29, 0.717) is 20.0 Å². The van der Waals surface area contributed by atoms with Gasteiger partial charge in [-0.15, -0.1) is 0 Å². The molecule has 9 heteroatoms. The van der Waals surface area contributed by atoms with Gasteiger partial charge in [0.2, 0.25) is 10.0 Å². The second-order valence-electron chi connectivity index (χ2n) is 7.50. The first-order valence-corrected chi connectivity index (χ1v) is 10.6. The van der Waals surface area contributed by atoms with Crippen molar-refractivity contribution in [3.8, 4) is 0 Å². The highest BCUT2D eigenvalue weighted by Gasteiger charge is 2.51. The number of piperidine rings is 1.